The zero-order valence-electron chi connectivity index (χ0n) is 45.1. The Morgan fingerprint density at radius 3 is 0.942 bits per heavy atom. The summed E-state index contributed by atoms with van der Waals surface area (Å²) in [7, 11) is 0. The minimum Gasteiger partial charge on any atom is -0.493 e. The van der Waals surface area contributed by atoms with Crippen LogP contribution in [0.1, 0.15) is 240 Å². The molecule has 0 fully saturated rings. The van der Waals surface area contributed by atoms with Crippen LogP contribution in [0.25, 0.3) is 16.9 Å². The minimum absolute atomic E-state index is 0. The Balaban J connectivity index is 0.000000802. The van der Waals surface area contributed by atoms with E-state index in [-0.39, 0.29) is 16.5 Å². The van der Waals surface area contributed by atoms with E-state index in [1.54, 1.807) is 4.70 Å². The van der Waals surface area contributed by atoms with Gasteiger partial charge in [-0.05, 0) is 124 Å². The molecule has 3 heteroatoms. The van der Waals surface area contributed by atoms with E-state index in [1.807, 2.05) is 36.4 Å². The second-order valence-electron chi connectivity index (χ2n) is 19.7. The predicted octanol–water partition coefficient (Wildman–Crippen LogP) is 20.6. The van der Waals surface area contributed by atoms with Crippen molar-refractivity contribution in [2.75, 3.05) is 0 Å². The first-order valence-corrected chi connectivity index (χ1v) is 28.3. The Kier molecular flexibility index (Phi) is 34.9. The maximum Gasteiger partial charge on any atom is 2.00 e. The van der Waals surface area contributed by atoms with Crippen LogP contribution in [0.4, 0.5) is 0 Å². The van der Waals surface area contributed by atoms with Crippen molar-refractivity contribution in [3.63, 3.8) is 0 Å². The van der Waals surface area contributed by atoms with E-state index in [9.17, 15) is 5.53 Å². The Morgan fingerprint density at radius 2 is 0.609 bits per heavy atom. The summed E-state index contributed by atoms with van der Waals surface area (Å²) in [4.78, 5) is 0. The largest absolute Gasteiger partial charge is 2.00 e. The molecule has 0 spiro atoms. The average molecular weight is 978 g/mol. The molecule has 0 bridgehead atoms. The topological polar surface area (TPSA) is 25.3 Å². The van der Waals surface area contributed by atoms with Gasteiger partial charge in [-0.25, -0.2) is 4.70 Å². The van der Waals surface area contributed by atoms with Crippen LogP contribution in [-0.4, -0.2) is 4.70 Å². The summed E-state index contributed by atoms with van der Waals surface area (Å²) in [5.41, 5.74) is 28.5. The van der Waals surface area contributed by atoms with E-state index in [2.05, 4.69) is 116 Å². The van der Waals surface area contributed by atoms with E-state index < -0.39 is 0 Å². The summed E-state index contributed by atoms with van der Waals surface area (Å²) in [6, 6.07) is 35.2. The van der Waals surface area contributed by atoms with Crippen LogP contribution in [0.15, 0.2) is 108 Å². The van der Waals surface area contributed by atoms with Gasteiger partial charge in [0.1, 0.15) is 0 Å². The molecule has 0 saturated heterocycles. The van der Waals surface area contributed by atoms with Crippen molar-refractivity contribution >= 4 is 11.4 Å². The number of unbranched alkanes of at least 4 members (excludes halogenated alkanes) is 16. The van der Waals surface area contributed by atoms with Crippen molar-refractivity contribution in [3.8, 4) is 0 Å². The van der Waals surface area contributed by atoms with E-state index in [0.717, 1.165) is 75.6 Å². The molecule has 0 unspecified atom stereocenters. The van der Waals surface area contributed by atoms with E-state index in [0.29, 0.717) is 0 Å². The van der Waals surface area contributed by atoms with Gasteiger partial charge in [0.05, 0.1) is 0 Å². The van der Waals surface area contributed by atoms with Crippen LogP contribution in [0.2, 0.25) is 0 Å². The summed E-state index contributed by atoms with van der Waals surface area (Å²) in [6.07, 6.45) is 36.3. The van der Waals surface area contributed by atoms with Gasteiger partial charge in [0.2, 0.25) is 11.4 Å². The van der Waals surface area contributed by atoms with E-state index in [1.165, 1.54) is 184 Å². The zero-order chi connectivity index (χ0) is 49.0. The normalized spacial score (nSPS) is 12.1. The number of hydrogen-bond donors (Lipinski definition) is 0. The Bertz CT molecular complexity index is 1950. The van der Waals surface area contributed by atoms with Gasteiger partial charge in [-0.2, -0.15) is 12.8 Å². The van der Waals surface area contributed by atoms with E-state index >= 15 is 0 Å². The number of benzene rings is 4. The summed E-state index contributed by atoms with van der Waals surface area (Å²) >= 11 is 0. The average Bonchev–Trinajstić information content (AvgIpc) is 3.65. The SMILES string of the molecule is CCCCCCCCc1cc(CCCC)cc(C2=C(CCCC)C(CCCCCC)=C(c3cc(CCCC)cc(CCCCCCCC)c3)[N+]2=[N-])c1.[CH2-]Cc1ccccc1.[CH2-]Cc1ccccc1.[Ni+2]. The molecule has 1 heterocycles. The van der Waals surface area contributed by atoms with Crippen LogP contribution >= 0.6 is 0 Å². The molecule has 0 amide bonds. The molecule has 0 N–H and O–H groups in total. The number of allylic oxidation sites excluding steroid dienone is 2. The smallest absolute Gasteiger partial charge is 0.493 e. The Hall–Kier alpha value is -3.55. The number of aryl methyl sites for hydroxylation is 4. The first-order chi connectivity index (χ1) is 33.4. The monoisotopic (exact) mass is 977 g/mol. The third-order valence-corrected chi connectivity index (χ3v) is 13.6. The zero-order valence-corrected chi connectivity index (χ0v) is 46.1. The van der Waals surface area contributed by atoms with Crippen molar-refractivity contribution in [1.29, 1.82) is 0 Å². The number of hydrogen-bond acceptors (Lipinski definition) is 0. The van der Waals surface area contributed by atoms with Crippen LogP contribution in [0.5, 0.6) is 0 Å². The molecule has 0 atom stereocenters. The molecule has 1 aliphatic heterocycles. The van der Waals surface area contributed by atoms with Crippen LogP contribution in [0.3, 0.4) is 0 Å². The van der Waals surface area contributed by atoms with Crippen LogP contribution in [0, 0.1) is 13.8 Å². The first-order valence-electron chi connectivity index (χ1n) is 28.3. The molecule has 4 aromatic rings. The van der Waals surface area contributed by atoms with Gasteiger partial charge < -0.3 is 19.4 Å². The quantitative estimate of drug-likeness (QED) is 0.0202. The molecule has 0 aromatic heterocycles. The molecule has 5 rings (SSSR count). The molecule has 382 valence electrons. The molecule has 1 aliphatic rings. The van der Waals surface area contributed by atoms with Gasteiger partial charge in [0.25, 0.3) is 0 Å². The van der Waals surface area contributed by atoms with Crippen molar-refractivity contribution in [2.45, 2.75) is 234 Å². The summed E-state index contributed by atoms with van der Waals surface area (Å²) in [5, 5.41) is 0. The van der Waals surface area contributed by atoms with Gasteiger partial charge in [0, 0.05) is 22.3 Å². The second kappa shape index (κ2) is 39.1. The predicted molar refractivity (Wildman–Crippen MR) is 301 cm³/mol. The molecular weight excluding hydrogens is 879 g/mol. The number of rotatable bonds is 32. The Labute approximate surface area is 436 Å². The van der Waals surface area contributed by atoms with Gasteiger partial charge >= 0.3 is 16.5 Å². The summed E-state index contributed by atoms with van der Waals surface area (Å²) in [6.45, 7) is 21.3. The number of nitrogens with zero attached hydrogens (tertiary/aromatic N) is 2. The molecule has 69 heavy (non-hydrogen) atoms. The first kappa shape index (κ1) is 61.6. The standard InChI is InChI=1S/C50H80N2.2C8H9.Ni/c1-7-13-19-22-24-26-31-43-35-41(29-16-10-4)37-45(39-43)49-47(33-18-12-6)48(34-28-21-15-9-3)50(52(49)51)46-38-42(30-17-11-5)36-44(40-46)32-27-25-23-20-14-8-2;2*1-2-8-6-4-3-5-7-8;/h35-40H,7-34H2,1-6H3;2*3-7H,1-2H2;/q;2*-1;+2. The van der Waals surface area contributed by atoms with Gasteiger partial charge in [-0.3, -0.25) is 0 Å². The minimum atomic E-state index is 0. The molecule has 2 nitrogen and oxygen atoms in total. The maximum absolute atomic E-state index is 12.6. The summed E-state index contributed by atoms with van der Waals surface area (Å²) in [5.74, 6) is 0. The van der Waals surface area contributed by atoms with Crippen molar-refractivity contribution in [2.24, 2.45) is 0 Å². The van der Waals surface area contributed by atoms with Crippen LogP contribution in [-0.2, 0) is 55.0 Å². The van der Waals surface area contributed by atoms with Crippen LogP contribution < -0.4 is 0 Å². The third-order valence-electron chi connectivity index (χ3n) is 13.6. The van der Waals surface area contributed by atoms with Gasteiger partial charge in [0.15, 0.2) is 0 Å². The Morgan fingerprint density at radius 1 is 0.333 bits per heavy atom. The molecule has 0 saturated carbocycles. The van der Waals surface area contributed by atoms with Crippen molar-refractivity contribution < 1.29 is 21.2 Å². The second-order valence-corrected chi connectivity index (χ2v) is 19.7. The molecule has 0 aliphatic carbocycles. The molecular formula is C66H98N2Ni. The van der Waals surface area contributed by atoms with E-state index in [4.69, 9.17) is 0 Å². The molecule has 0 radical (unpaired) electrons. The van der Waals surface area contributed by atoms with Gasteiger partial charge in [-0.15, -0.1) is 0 Å². The van der Waals surface area contributed by atoms with Crippen molar-refractivity contribution in [3.05, 3.63) is 172 Å². The fourth-order valence-corrected chi connectivity index (χ4v) is 9.51. The van der Waals surface area contributed by atoms with Crippen molar-refractivity contribution in [1.82, 2.24) is 0 Å². The molecule has 4 aromatic carbocycles. The summed E-state index contributed by atoms with van der Waals surface area (Å²) < 4.78 is 1.68. The van der Waals surface area contributed by atoms with Gasteiger partial charge in [-0.1, -0.05) is 228 Å². The fourth-order valence-electron chi connectivity index (χ4n) is 9.51. The fraction of sp³-hybridized carbons (Fsp3) is 0.545. The maximum atomic E-state index is 12.6. The third kappa shape index (κ3) is 24.0.